The number of aryl methyl sites for hydroxylation is 1. The monoisotopic (exact) mass is 218 g/mol. The summed E-state index contributed by atoms with van der Waals surface area (Å²) in [6, 6.07) is 4.20. The van der Waals surface area contributed by atoms with Gasteiger partial charge in [0.15, 0.2) is 0 Å². The zero-order chi connectivity index (χ0) is 11.9. The van der Waals surface area contributed by atoms with Crippen molar-refractivity contribution >= 4 is 5.65 Å². The first-order valence-electron chi connectivity index (χ1n) is 5.52. The molecule has 0 aromatic carbocycles. The molecule has 0 amide bonds. The Morgan fingerprint density at radius 1 is 1.31 bits per heavy atom. The molecule has 2 rings (SSSR count). The van der Waals surface area contributed by atoms with Crippen molar-refractivity contribution in [3.63, 3.8) is 0 Å². The summed E-state index contributed by atoms with van der Waals surface area (Å²) in [6.45, 7) is 8.57. The Morgan fingerprint density at radius 3 is 2.56 bits per heavy atom. The van der Waals surface area contributed by atoms with E-state index in [1.807, 2.05) is 11.3 Å². The van der Waals surface area contributed by atoms with E-state index in [9.17, 15) is 5.11 Å². The minimum Gasteiger partial charge on any atom is -0.390 e. The molecule has 0 unspecified atom stereocenters. The van der Waals surface area contributed by atoms with Gasteiger partial charge in [0.2, 0.25) is 0 Å². The van der Waals surface area contributed by atoms with Crippen LogP contribution in [0.3, 0.4) is 0 Å². The summed E-state index contributed by atoms with van der Waals surface area (Å²) >= 11 is 0. The molecule has 0 aliphatic heterocycles. The Balaban J connectivity index is 2.81. The van der Waals surface area contributed by atoms with Gasteiger partial charge in [0, 0.05) is 11.3 Å². The normalized spacial score (nSPS) is 12.3. The summed E-state index contributed by atoms with van der Waals surface area (Å²) in [6.07, 6.45) is 1.75. The Kier molecular flexibility index (Phi) is 2.50. The second-order valence-corrected chi connectivity index (χ2v) is 5.21. The van der Waals surface area contributed by atoms with Gasteiger partial charge in [0.1, 0.15) is 5.65 Å². The molecule has 16 heavy (non-hydrogen) atoms. The number of hydrogen-bond acceptors (Lipinski definition) is 2. The van der Waals surface area contributed by atoms with Crippen LogP contribution in [0.5, 0.6) is 0 Å². The summed E-state index contributed by atoms with van der Waals surface area (Å²) in [7, 11) is 0. The standard InChI is InChI=1S/C13H18N2O/c1-9-5-6-11(13(2,3)4)12-14-7-10(8-16)15(9)12/h5-7,16H,8H2,1-4H3. The van der Waals surface area contributed by atoms with E-state index in [2.05, 4.69) is 37.9 Å². The Hall–Kier alpha value is -1.35. The molecule has 0 saturated carbocycles. The van der Waals surface area contributed by atoms with Gasteiger partial charge < -0.3 is 5.11 Å². The molecule has 0 aliphatic carbocycles. The molecule has 3 heteroatoms. The van der Waals surface area contributed by atoms with E-state index in [4.69, 9.17) is 0 Å². The van der Waals surface area contributed by atoms with Crippen LogP contribution in [0.25, 0.3) is 5.65 Å². The Morgan fingerprint density at radius 2 is 2.00 bits per heavy atom. The zero-order valence-corrected chi connectivity index (χ0v) is 10.3. The molecule has 2 aromatic heterocycles. The molecular weight excluding hydrogens is 200 g/mol. The van der Waals surface area contributed by atoms with E-state index in [0.717, 1.165) is 17.0 Å². The highest BCUT2D eigenvalue weighted by atomic mass is 16.3. The molecule has 86 valence electrons. The predicted octanol–water partition coefficient (Wildman–Crippen LogP) is 2.43. The summed E-state index contributed by atoms with van der Waals surface area (Å²) in [5.41, 5.74) is 4.17. The van der Waals surface area contributed by atoms with E-state index >= 15 is 0 Å². The molecule has 0 radical (unpaired) electrons. The van der Waals surface area contributed by atoms with Gasteiger partial charge >= 0.3 is 0 Å². The molecule has 2 heterocycles. The zero-order valence-electron chi connectivity index (χ0n) is 10.3. The number of fused-ring (bicyclic) bond motifs is 1. The third-order valence-electron chi connectivity index (χ3n) is 2.89. The number of hydrogen-bond donors (Lipinski definition) is 1. The van der Waals surface area contributed by atoms with Crippen molar-refractivity contribution in [2.24, 2.45) is 0 Å². The fourth-order valence-corrected chi connectivity index (χ4v) is 2.02. The number of imidazole rings is 1. The van der Waals surface area contributed by atoms with Crippen molar-refractivity contribution in [2.75, 3.05) is 0 Å². The van der Waals surface area contributed by atoms with Gasteiger partial charge in [0.05, 0.1) is 18.5 Å². The Bertz CT molecular complexity index is 520. The van der Waals surface area contributed by atoms with Gasteiger partial charge in [-0.15, -0.1) is 0 Å². The maximum Gasteiger partial charge on any atom is 0.140 e. The van der Waals surface area contributed by atoms with E-state index in [-0.39, 0.29) is 12.0 Å². The van der Waals surface area contributed by atoms with Gasteiger partial charge in [-0.05, 0) is 18.4 Å². The van der Waals surface area contributed by atoms with Crippen LogP contribution in [0.4, 0.5) is 0 Å². The summed E-state index contributed by atoms with van der Waals surface area (Å²) < 4.78 is 2.03. The highest BCUT2D eigenvalue weighted by molar-refractivity contribution is 5.53. The lowest BCUT2D eigenvalue weighted by atomic mass is 9.87. The Labute approximate surface area is 95.8 Å². The molecule has 0 aliphatic rings. The minimum atomic E-state index is 0.0234. The lowest BCUT2D eigenvalue weighted by Gasteiger charge is -2.20. The van der Waals surface area contributed by atoms with Crippen LogP contribution < -0.4 is 0 Å². The average molecular weight is 218 g/mol. The second-order valence-electron chi connectivity index (χ2n) is 5.21. The molecule has 0 spiro atoms. The molecule has 2 aromatic rings. The lowest BCUT2D eigenvalue weighted by molar-refractivity contribution is 0.275. The topological polar surface area (TPSA) is 37.5 Å². The third-order valence-corrected chi connectivity index (χ3v) is 2.89. The number of nitrogens with zero attached hydrogens (tertiary/aromatic N) is 2. The SMILES string of the molecule is Cc1ccc(C(C)(C)C)c2ncc(CO)n12. The second kappa shape index (κ2) is 3.59. The van der Waals surface area contributed by atoms with Crippen molar-refractivity contribution in [3.8, 4) is 0 Å². The van der Waals surface area contributed by atoms with Crippen molar-refractivity contribution in [2.45, 2.75) is 39.7 Å². The first-order valence-corrected chi connectivity index (χ1v) is 5.52. The van der Waals surface area contributed by atoms with Crippen LogP contribution in [0, 0.1) is 6.92 Å². The van der Waals surface area contributed by atoms with Crippen molar-refractivity contribution < 1.29 is 5.11 Å². The molecule has 0 saturated heterocycles. The first-order chi connectivity index (χ1) is 7.45. The maximum absolute atomic E-state index is 9.28. The molecule has 0 bridgehead atoms. The van der Waals surface area contributed by atoms with E-state index < -0.39 is 0 Å². The molecule has 3 nitrogen and oxygen atoms in total. The van der Waals surface area contributed by atoms with Gasteiger partial charge in [0.25, 0.3) is 0 Å². The number of aliphatic hydroxyl groups excluding tert-OH is 1. The van der Waals surface area contributed by atoms with Gasteiger partial charge in [-0.1, -0.05) is 26.8 Å². The van der Waals surface area contributed by atoms with E-state index in [1.54, 1.807) is 6.20 Å². The highest BCUT2D eigenvalue weighted by Crippen LogP contribution is 2.27. The molecule has 0 atom stereocenters. The number of aliphatic hydroxyl groups is 1. The van der Waals surface area contributed by atoms with Crippen molar-refractivity contribution in [1.82, 2.24) is 9.38 Å². The predicted molar refractivity (Wildman–Crippen MR) is 64.6 cm³/mol. The van der Waals surface area contributed by atoms with Crippen LogP contribution in [-0.4, -0.2) is 14.5 Å². The third kappa shape index (κ3) is 1.61. The largest absolute Gasteiger partial charge is 0.390 e. The average Bonchev–Trinajstić information content (AvgIpc) is 2.60. The van der Waals surface area contributed by atoms with Crippen molar-refractivity contribution in [1.29, 1.82) is 0 Å². The fraction of sp³-hybridized carbons (Fsp3) is 0.462. The molecule has 0 fully saturated rings. The first kappa shape index (κ1) is 11.1. The number of aromatic nitrogens is 2. The van der Waals surface area contributed by atoms with Gasteiger partial charge in [-0.25, -0.2) is 4.98 Å². The van der Waals surface area contributed by atoms with E-state index in [0.29, 0.717) is 0 Å². The van der Waals surface area contributed by atoms with Crippen LogP contribution >= 0.6 is 0 Å². The van der Waals surface area contributed by atoms with E-state index in [1.165, 1.54) is 5.56 Å². The summed E-state index contributed by atoms with van der Waals surface area (Å²) in [5.74, 6) is 0. The maximum atomic E-state index is 9.28. The van der Waals surface area contributed by atoms with Gasteiger partial charge in [-0.2, -0.15) is 0 Å². The number of pyridine rings is 1. The highest BCUT2D eigenvalue weighted by Gasteiger charge is 2.19. The summed E-state index contributed by atoms with van der Waals surface area (Å²) in [4.78, 5) is 4.42. The van der Waals surface area contributed by atoms with Gasteiger partial charge in [-0.3, -0.25) is 4.40 Å². The minimum absolute atomic E-state index is 0.0234. The fourth-order valence-electron chi connectivity index (χ4n) is 2.02. The van der Waals surface area contributed by atoms with Crippen molar-refractivity contribution in [3.05, 3.63) is 35.3 Å². The van der Waals surface area contributed by atoms with Crippen LogP contribution in [0.1, 0.15) is 37.7 Å². The quantitative estimate of drug-likeness (QED) is 0.798. The summed E-state index contributed by atoms with van der Waals surface area (Å²) in [5, 5.41) is 9.28. The lowest BCUT2D eigenvalue weighted by Crippen LogP contribution is -2.14. The van der Waals surface area contributed by atoms with Crippen LogP contribution in [0.15, 0.2) is 18.3 Å². The molecular formula is C13H18N2O. The van der Waals surface area contributed by atoms with Crippen LogP contribution in [-0.2, 0) is 12.0 Å². The number of rotatable bonds is 1. The molecule has 1 N–H and O–H groups in total. The van der Waals surface area contributed by atoms with Crippen LogP contribution in [0.2, 0.25) is 0 Å². The smallest absolute Gasteiger partial charge is 0.140 e.